The lowest BCUT2D eigenvalue weighted by molar-refractivity contribution is 0.0952. The molecule has 0 radical (unpaired) electrons. The van der Waals surface area contributed by atoms with Gasteiger partial charge in [-0.15, -0.1) is 0 Å². The van der Waals surface area contributed by atoms with Gasteiger partial charge in [0.1, 0.15) is 5.75 Å². The smallest absolute Gasteiger partial charge is 0.251 e. The van der Waals surface area contributed by atoms with E-state index in [-0.39, 0.29) is 11.8 Å². The highest BCUT2D eigenvalue weighted by atomic mass is 16.5. The average Bonchev–Trinajstić information content (AvgIpc) is 3.19. The number of rotatable bonds is 7. The Bertz CT molecular complexity index is 1080. The van der Waals surface area contributed by atoms with Gasteiger partial charge in [0.15, 0.2) is 0 Å². The van der Waals surface area contributed by atoms with Crippen LogP contribution in [0.4, 0.5) is 0 Å². The number of H-pyrrole nitrogens is 1. The van der Waals surface area contributed by atoms with E-state index in [1.54, 1.807) is 12.1 Å². The molecule has 4 nitrogen and oxygen atoms in total. The van der Waals surface area contributed by atoms with Crippen LogP contribution in [0.15, 0.2) is 85.1 Å². The molecule has 4 heteroatoms. The summed E-state index contributed by atoms with van der Waals surface area (Å²) in [4.78, 5) is 16.1. The van der Waals surface area contributed by atoms with E-state index in [0.29, 0.717) is 18.7 Å². The van der Waals surface area contributed by atoms with Gasteiger partial charge in [0.2, 0.25) is 0 Å². The van der Waals surface area contributed by atoms with Crippen LogP contribution in [0.3, 0.4) is 0 Å². The third kappa shape index (κ3) is 4.16. The van der Waals surface area contributed by atoms with Crippen LogP contribution in [-0.4, -0.2) is 24.0 Å². The van der Waals surface area contributed by atoms with Crippen LogP contribution in [0, 0.1) is 0 Å². The summed E-state index contributed by atoms with van der Waals surface area (Å²) in [5.74, 6) is 0.734. The largest absolute Gasteiger partial charge is 0.494 e. The molecular weight excluding hydrogens is 360 g/mol. The van der Waals surface area contributed by atoms with Crippen molar-refractivity contribution in [3.63, 3.8) is 0 Å². The van der Waals surface area contributed by atoms with Gasteiger partial charge in [-0.1, -0.05) is 48.5 Å². The summed E-state index contributed by atoms with van der Waals surface area (Å²) in [5.41, 5.74) is 4.07. The summed E-state index contributed by atoms with van der Waals surface area (Å²) in [6.45, 7) is 3.06. The number of benzene rings is 3. The van der Waals surface area contributed by atoms with Crippen LogP contribution in [0.25, 0.3) is 10.9 Å². The molecule has 0 aliphatic rings. The molecule has 146 valence electrons. The van der Waals surface area contributed by atoms with E-state index in [4.69, 9.17) is 4.74 Å². The maximum absolute atomic E-state index is 12.7. The minimum absolute atomic E-state index is 0.0546. The summed E-state index contributed by atoms with van der Waals surface area (Å²) < 4.78 is 5.45. The zero-order valence-electron chi connectivity index (χ0n) is 16.4. The van der Waals surface area contributed by atoms with Crippen molar-refractivity contribution >= 4 is 16.8 Å². The van der Waals surface area contributed by atoms with Crippen molar-refractivity contribution in [2.45, 2.75) is 12.8 Å². The van der Waals surface area contributed by atoms with E-state index in [0.717, 1.165) is 11.3 Å². The zero-order valence-corrected chi connectivity index (χ0v) is 16.4. The lowest BCUT2D eigenvalue weighted by Crippen LogP contribution is -2.28. The Hall–Kier alpha value is -3.53. The van der Waals surface area contributed by atoms with E-state index in [9.17, 15) is 4.79 Å². The monoisotopic (exact) mass is 384 g/mol. The maximum atomic E-state index is 12.7. The molecule has 2 N–H and O–H groups in total. The quantitative estimate of drug-likeness (QED) is 0.464. The Balaban J connectivity index is 1.57. The molecule has 29 heavy (non-hydrogen) atoms. The third-order valence-corrected chi connectivity index (χ3v) is 5.09. The van der Waals surface area contributed by atoms with Gasteiger partial charge in [0.05, 0.1) is 6.61 Å². The molecule has 1 atom stereocenters. The number of ether oxygens (including phenoxy) is 1. The molecule has 0 bridgehead atoms. The number of carbonyl (C=O) groups is 1. The molecule has 0 spiro atoms. The molecule has 0 aliphatic heterocycles. The second-order valence-corrected chi connectivity index (χ2v) is 6.92. The molecule has 0 unspecified atom stereocenters. The molecule has 1 amide bonds. The Kier molecular flexibility index (Phi) is 5.61. The fourth-order valence-electron chi connectivity index (χ4n) is 3.64. The fraction of sp³-hybridized carbons (Fsp3) is 0.160. The molecule has 0 saturated heterocycles. The number of fused-ring (bicyclic) bond motifs is 1. The predicted molar refractivity (Wildman–Crippen MR) is 117 cm³/mol. The fourth-order valence-corrected chi connectivity index (χ4v) is 3.64. The van der Waals surface area contributed by atoms with Gasteiger partial charge >= 0.3 is 0 Å². The number of amides is 1. The number of aromatic nitrogens is 1. The van der Waals surface area contributed by atoms with E-state index in [1.807, 2.05) is 55.6 Å². The molecule has 4 rings (SSSR count). The van der Waals surface area contributed by atoms with Crippen molar-refractivity contribution in [3.8, 4) is 5.75 Å². The van der Waals surface area contributed by atoms with Gasteiger partial charge < -0.3 is 15.0 Å². The van der Waals surface area contributed by atoms with Crippen LogP contribution in [0.1, 0.15) is 34.3 Å². The van der Waals surface area contributed by atoms with Gasteiger partial charge in [-0.25, -0.2) is 0 Å². The van der Waals surface area contributed by atoms with E-state index in [1.165, 1.54) is 16.5 Å². The van der Waals surface area contributed by atoms with Crippen LogP contribution in [0.5, 0.6) is 5.75 Å². The van der Waals surface area contributed by atoms with Gasteiger partial charge in [-0.2, -0.15) is 0 Å². The number of para-hydroxylation sites is 1. The van der Waals surface area contributed by atoms with Gasteiger partial charge in [-0.3, -0.25) is 4.79 Å². The van der Waals surface area contributed by atoms with Gasteiger partial charge in [0.25, 0.3) is 5.91 Å². The van der Waals surface area contributed by atoms with Gasteiger partial charge in [0, 0.05) is 35.1 Å². The lowest BCUT2D eigenvalue weighted by atomic mass is 9.91. The highest BCUT2D eigenvalue weighted by molar-refractivity contribution is 5.94. The number of aromatic amines is 1. The molecule has 1 aromatic heterocycles. The van der Waals surface area contributed by atoms with Crippen molar-refractivity contribution in [1.82, 2.24) is 10.3 Å². The summed E-state index contributed by atoms with van der Waals surface area (Å²) in [5, 5.41) is 4.29. The summed E-state index contributed by atoms with van der Waals surface area (Å²) in [7, 11) is 0. The highest BCUT2D eigenvalue weighted by Crippen LogP contribution is 2.30. The standard InChI is InChI=1S/C25H24N2O2/c1-2-29-20-14-12-19(13-15-20)25(28)27-16-22(18-8-4-3-5-9-18)23-17-26-24-11-7-6-10-21(23)24/h3-15,17,22,26H,2,16H2,1H3,(H,27,28)/t22-/m1/s1. The highest BCUT2D eigenvalue weighted by Gasteiger charge is 2.19. The lowest BCUT2D eigenvalue weighted by Gasteiger charge is -2.18. The Labute approximate surface area is 170 Å². The van der Waals surface area contributed by atoms with Crippen LogP contribution >= 0.6 is 0 Å². The van der Waals surface area contributed by atoms with Crippen LogP contribution in [0.2, 0.25) is 0 Å². The first kappa shape index (κ1) is 18.8. The number of nitrogens with one attached hydrogen (secondary N) is 2. The van der Waals surface area contributed by atoms with Crippen LogP contribution in [-0.2, 0) is 0 Å². The summed E-state index contributed by atoms with van der Waals surface area (Å²) >= 11 is 0. The van der Waals surface area contributed by atoms with E-state index < -0.39 is 0 Å². The molecular formula is C25H24N2O2. The molecule has 4 aromatic rings. The van der Waals surface area contributed by atoms with Crippen molar-refractivity contribution in [2.75, 3.05) is 13.2 Å². The van der Waals surface area contributed by atoms with Crippen molar-refractivity contribution in [3.05, 3.63) is 102 Å². The normalized spacial score (nSPS) is 11.9. The molecule has 0 saturated carbocycles. The van der Waals surface area contributed by atoms with Crippen molar-refractivity contribution < 1.29 is 9.53 Å². The molecule has 1 heterocycles. The minimum atomic E-state index is -0.0891. The molecule has 0 aliphatic carbocycles. The van der Waals surface area contributed by atoms with E-state index >= 15 is 0 Å². The predicted octanol–water partition coefficient (Wildman–Crippen LogP) is 5.13. The third-order valence-electron chi connectivity index (χ3n) is 5.09. The zero-order chi connectivity index (χ0) is 20.1. The van der Waals surface area contributed by atoms with Crippen molar-refractivity contribution in [2.24, 2.45) is 0 Å². The average molecular weight is 384 g/mol. The second-order valence-electron chi connectivity index (χ2n) is 6.92. The van der Waals surface area contributed by atoms with E-state index in [2.05, 4.69) is 34.6 Å². The second kappa shape index (κ2) is 8.65. The van der Waals surface area contributed by atoms with Crippen LogP contribution < -0.4 is 10.1 Å². The maximum Gasteiger partial charge on any atom is 0.251 e. The Morgan fingerprint density at radius 1 is 0.966 bits per heavy atom. The molecule has 3 aromatic carbocycles. The Morgan fingerprint density at radius 3 is 2.45 bits per heavy atom. The Morgan fingerprint density at radius 2 is 1.69 bits per heavy atom. The minimum Gasteiger partial charge on any atom is -0.494 e. The SMILES string of the molecule is CCOc1ccc(C(=O)NC[C@H](c2ccccc2)c2c[nH]c3ccccc23)cc1. The molecule has 0 fully saturated rings. The number of carbonyl (C=O) groups excluding carboxylic acids is 1. The summed E-state index contributed by atoms with van der Waals surface area (Å²) in [6.07, 6.45) is 2.05. The van der Waals surface area contributed by atoms with Crippen molar-refractivity contribution in [1.29, 1.82) is 0 Å². The number of hydrogen-bond acceptors (Lipinski definition) is 2. The number of hydrogen-bond donors (Lipinski definition) is 2. The van der Waals surface area contributed by atoms with Gasteiger partial charge in [-0.05, 0) is 48.4 Å². The first-order valence-corrected chi connectivity index (χ1v) is 9.88. The first-order valence-electron chi connectivity index (χ1n) is 9.88. The first-order chi connectivity index (χ1) is 14.3. The topological polar surface area (TPSA) is 54.1 Å². The summed E-state index contributed by atoms with van der Waals surface area (Å²) in [6, 6.07) is 25.8.